The summed E-state index contributed by atoms with van der Waals surface area (Å²) in [6.45, 7) is 6.02. The van der Waals surface area contributed by atoms with Crippen LogP contribution < -0.4 is 4.90 Å². The molecule has 0 fully saturated rings. The first kappa shape index (κ1) is 35.3. The van der Waals surface area contributed by atoms with Crippen LogP contribution in [0.2, 0.25) is 0 Å². The highest BCUT2D eigenvalue weighted by Gasteiger charge is 2.42. The summed E-state index contributed by atoms with van der Waals surface area (Å²) in [6.07, 6.45) is -4.82. The number of carbonyl (C=O) groups excluding carboxylic acids is 2. The summed E-state index contributed by atoms with van der Waals surface area (Å²) in [5, 5.41) is 0. The number of nitrogens with zero attached hydrogens (tertiary/aromatic N) is 1. The van der Waals surface area contributed by atoms with Crippen LogP contribution in [0.4, 0.5) is 32.0 Å². The molecule has 0 spiro atoms. The Labute approximate surface area is 260 Å². The molecule has 0 aliphatic heterocycles. The van der Waals surface area contributed by atoms with Crippen LogP contribution in [0.3, 0.4) is 0 Å². The monoisotopic (exact) mass is 629 g/mol. The second-order valence-corrected chi connectivity index (χ2v) is 11.0. The van der Waals surface area contributed by atoms with Crippen molar-refractivity contribution in [2.24, 2.45) is 11.8 Å². The van der Waals surface area contributed by atoms with Gasteiger partial charge in [-0.15, -0.1) is 0 Å². The molecule has 0 heterocycles. The minimum Gasteiger partial charge on any atom is -0.347 e. The minimum absolute atomic E-state index is 0.0821. The zero-order chi connectivity index (χ0) is 33.2. The van der Waals surface area contributed by atoms with Crippen molar-refractivity contribution in [1.29, 1.82) is 0 Å². The first-order chi connectivity index (χ1) is 21.3. The highest BCUT2D eigenvalue weighted by molar-refractivity contribution is 6.24. The largest absolute Gasteiger partial charge is 0.454 e. The third kappa shape index (κ3) is 9.93. The van der Waals surface area contributed by atoms with Gasteiger partial charge in [-0.2, -0.15) is 26.3 Å². The molecule has 0 aliphatic carbocycles. The molecule has 0 amide bonds. The normalized spacial score (nSPS) is 14.2. The van der Waals surface area contributed by atoms with Crippen LogP contribution >= 0.6 is 0 Å². The van der Waals surface area contributed by atoms with Gasteiger partial charge in [-0.25, -0.2) is 0 Å². The fourth-order valence-electron chi connectivity index (χ4n) is 5.22. The lowest BCUT2D eigenvalue weighted by Crippen LogP contribution is -2.26. The fourth-order valence-corrected chi connectivity index (χ4v) is 5.22. The van der Waals surface area contributed by atoms with Crippen LogP contribution in [-0.2, 0) is 16.0 Å². The predicted octanol–water partition coefficient (Wildman–Crippen LogP) is 9.89. The highest BCUT2D eigenvalue weighted by atomic mass is 19.4. The van der Waals surface area contributed by atoms with Gasteiger partial charge in [0, 0.05) is 24.0 Å². The zero-order valence-electron chi connectivity index (χ0n) is 25.5. The Balaban J connectivity index is 1.92. The first-order valence-electron chi connectivity index (χ1n) is 14.9. The van der Waals surface area contributed by atoms with Crippen molar-refractivity contribution in [1.82, 2.24) is 0 Å². The summed E-state index contributed by atoms with van der Waals surface area (Å²) in [6, 6.07) is 22.7. The van der Waals surface area contributed by atoms with Gasteiger partial charge >= 0.3 is 12.4 Å². The molecule has 0 aliphatic rings. The SMILES string of the molecule is CCCC(Cc1ccc(N(/C=C(\C(=O)C(F)(F)F)c2ccccc2)CCC)cc1)[C@@H](C)/C=C(\C(=O)C(F)(F)F)c1ccccc1. The number of ketones is 2. The third-order valence-corrected chi connectivity index (χ3v) is 7.52. The van der Waals surface area contributed by atoms with Crippen molar-refractivity contribution in [2.75, 3.05) is 11.4 Å². The Kier molecular flexibility index (Phi) is 12.4. The number of halogens is 6. The molecule has 3 nitrogen and oxygen atoms in total. The maximum absolute atomic E-state index is 13.5. The Morgan fingerprint density at radius 3 is 1.67 bits per heavy atom. The molecular formula is C36H37F6NO2. The van der Waals surface area contributed by atoms with Gasteiger partial charge < -0.3 is 4.90 Å². The first-order valence-corrected chi connectivity index (χ1v) is 14.9. The van der Waals surface area contributed by atoms with Crippen molar-refractivity contribution in [3.05, 3.63) is 114 Å². The van der Waals surface area contributed by atoms with Gasteiger partial charge in [0.25, 0.3) is 11.6 Å². The quantitative estimate of drug-likeness (QED) is 0.132. The van der Waals surface area contributed by atoms with Crippen LogP contribution in [0.5, 0.6) is 0 Å². The molecule has 240 valence electrons. The third-order valence-electron chi connectivity index (χ3n) is 7.52. The average molecular weight is 630 g/mol. The smallest absolute Gasteiger partial charge is 0.347 e. The molecule has 0 aromatic heterocycles. The van der Waals surface area contributed by atoms with Crippen LogP contribution in [0.15, 0.2) is 97.2 Å². The number of allylic oxidation sites excluding steroid dienone is 3. The second-order valence-electron chi connectivity index (χ2n) is 11.0. The second kappa shape index (κ2) is 15.7. The highest BCUT2D eigenvalue weighted by Crippen LogP contribution is 2.33. The van der Waals surface area contributed by atoms with Gasteiger partial charge in [-0.3, -0.25) is 9.59 Å². The summed E-state index contributed by atoms with van der Waals surface area (Å²) in [4.78, 5) is 26.4. The van der Waals surface area contributed by atoms with E-state index in [1.165, 1.54) is 36.5 Å². The summed E-state index contributed by atoms with van der Waals surface area (Å²) in [5.74, 6) is -4.27. The molecule has 3 rings (SSSR count). The van der Waals surface area contributed by atoms with E-state index < -0.39 is 29.5 Å². The van der Waals surface area contributed by atoms with E-state index in [2.05, 4.69) is 0 Å². The molecule has 0 radical (unpaired) electrons. The van der Waals surface area contributed by atoms with Crippen LogP contribution in [0, 0.1) is 11.8 Å². The van der Waals surface area contributed by atoms with Crippen molar-refractivity contribution >= 4 is 28.4 Å². The molecular weight excluding hydrogens is 592 g/mol. The molecule has 3 aromatic rings. The minimum atomic E-state index is -5.05. The van der Waals surface area contributed by atoms with Gasteiger partial charge in [-0.05, 0) is 59.9 Å². The van der Waals surface area contributed by atoms with E-state index in [-0.39, 0.29) is 28.5 Å². The number of anilines is 1. The standard InChI is InChI=1S/C36H37F6NO2/c1-4-12-29(25(3)22-31(33(44)35(37,38)39)27-13-8-6-9-14-27)23-26-17-19-30(20-18-26)43(21-5-2)24-32(34(45)36(40,41)42)28-15-10-7-11-16-28/h6-11,13-20,22,24-25,29H,4-5,12,21,23H2,1-3H3/b31-22-,32-24-/t25-,29?/m0/s1. The number of benzene rings is 3. The zero-order valence-corrected chi connectivity index (χ0v) is 25.5. The molecule has 0 N–H and O–H groups in total. The maximum atomic E-state index is 13.5. The lowest BCUT2D eigenvalue weighted by atomic mass is 9.82. The van der Waals surface area contributed by atoms with Crippen molar-refractivity contribution < 1.29 is 35.9 Å². The Bertz CT molecular complexity index is 1460. The molecule has 2 atom stereocenters. The summed E-state index contributed by atoms with van der Waals surface area (Å²) < 4.78 is 81.0. The van der Waals surface area contributed by atoms with Crippen LogP contribution in [0.25, 0.3) is 11.1 Å². The number of Topliss-reactive ketones (excluding diaryl/α,β-unsaturated/α-hetero) is 2. The van der Waals surface area contributed by atoms with E-state index in [1.54, 1.807) is 60.4 Å². The summed E-state index contributed by atoms with van der Waals surface area (Å²) in [7, 11) is 0. The van der Waals surface area contributed by atoms with E-state index in [4.69, 9.17) is 0 Å². The van der Waals surface area contributed by atoms with E-state index in [1.807, 2.05) is 26.0 Å². The van der Waals surface area contributed by atoms with E-state index in [9.17, 15) is 35.9 Å². The fraction of sp³-hybridized carbons (Fsp3) is 0.333. The Morgan fingerprint density at radius 1 is 0.711 bits per heavy atom. The van der Waals surface area contributed by atoms with Gasteiger partial charge in [0.2, 0.25) is 0 Å². The maximum Gasteiger partial charge on any atom is 0.454 e. The van der Waals surface area contributed by atoms with Gasteiger partial charge in [0.15, 0.2) is 0 Å². The average Bonchev–Trinajstić information content (AvgIpc) is 3.01. The molecule has 0 saturated heterocycles. The Morgan fingerprint density at radius 2 is 1.20 bits per heavy atom. The molecule has 3 aromatic carbocycles. The number of rotatable bonds is 14. The lowest BCUT2D eigenvalue weighted by molar-refractivity contribution is -0.164. The molecule has 0 bridgehead atoms. The van der Waals surface area contributed by atoms with E-state index in [0.29, 0.717) is 31.5 Å². The number of alkyl halides is 6. The number of hydrogen-bond donors (Lipinski definition) is 0. The molecule has 0 saturated carbocycles. The van der Waals surface area contributed by atoms with Crippen molar-refractivity contribution in [2.45, 2.75) is 58.8 Å². The van der Waals surface area contributed by atoms with Crippen molar-refractivity contribution in [3.8, 4) is 0 Å². The predicted molar refractivity (Wildman–Crippen MR) is 166 cm³/mol. The van der Waals surface area contributed by atoms with Gasteiger partial charge in [0.1, 0.15) is 0 Å². The summed E-state index contributed by atoms with van der Waals surface area (Å²) in [5.41, 5.74) is 0.987. The topological polar surface area (TPSA) is 37.4 Å². The van der Waals surface area contributed by atoms with E-state index in [0.717, 1.165) is 12.0 Å². The lowest BCUT2D eigenvalue weighted by Gasteiger charge is -2.24. The van der Waals surface area contributed by atoms with Crippen LogP contribution in [0.1, 0.15) is 56.7 Å². The molecule has 1 unspecified atom stereocenters. The number of hydrogen-bond acceptors (Lipinski definition) is 3. The Hall–Kier alpha value is -4.14. The molecule has 9 heteroatoms. The van der Waals surface area contributed by atoms with Crippen molar-refractivity contribution in [3.63, 3.8) is 0 Å². The van der Waals surface area contributed by atoms with Gasteiger partial charge in [0.05, 0.1) is 5.57 Å². The number of carbonyl (C=O) groups is 2. The molecule has 45 heavy (non-hydrogen) atoms. The van der Waals surface area contributed by atoms with E-state index >= 15 is 0 Å². The van der Waals surface area contributed by atoms with Gasteiger partial charge in [-0.1, -0.05) is 106 Å². The van der Waals surface area contributed by atoms with Crippen LogP contribution in [-0.4, -0.2) is 30.5 Å². The summed E-state index contributed by atoms with van der Waals surface area (Å²) >= 11 is 0.